The highest BCUT2D eigenvalue weighted by Gasteiger charge is 2.34. The summed E-state index contributed by atoms with van der Waals surface area (Å²) < 4.78 is 17.6. The Hall–Kier alpha value is -2.80. The van der Waals surface area contributed by atoms with Crippen molar-refractivity contribution in [3.8, 4) is 11.3 Å². The van der Waals surface area contributed by atoms with Crippen LogP contribution in [0.15, 0.2) is 51.4 Å². The van der Waals surface area contributed by atoms with E-state index in [1.165, 1.54) is 0 Å². The van der Waals surface area contributed by atoms with Gasteiger partial charge in [-0.1, -0.05) is 34.4 Å². The predicted molar refractivity (Wildman–Crippen MR) is 136 cm³/mol. The monoisotopic (exact) mass is 510 g/mol. The fourth-order valence-corrected chi connectivity index (χ4v) is 5.41. The van der Waals surface area contributed by atoms with Crippen LogP contribution in [-0.2, 0) is 11.3 Å². The molecule has 1 saturated carbocycles. The van der Waals surface area contributed by atoms with Crippen molar-refractivity contribution in [2.75, 3.05) is 18.0 Å². The molecule has 2 aliphatic rings. The number of hydrogen-bond donors (Lipinski definition) is 0. The minimum absolute atomic E-state index is 0.141. The largest absolute Gasteiger partial charge is 0.453 e. The minimum Gasteiger partial charge on any atom is -0.453 e. The highest BCUT2D eigenvalue weighted by atomic mass is 35.5. The molecule has 4 aromatic rings. The zero-order chi connectivity index (χ0) is 23.9. The fourth-order valence-electron chi connectivity index (χ4n) is 4.84. The van der Waals surface area contributed by atoms with Gasteiger partial charge in [-0.25, -0.2) is 0 Å². The van der Waals surface area contributed by atoms with Crippen molar-refractivity contribution in [1.29, 1.82) is 0 Å². The SMILES string of the molecule is O=Cc1cc2cc(N3CCC(OCc4c(-c5c(Cl)cccc5Cl)noc4C4CC4)CC3)ccc2o1. The number of aldehydes is 1. The van der Waals surface area contributed by atoms with E-state index in [1.807, 2.05) is 30.3 Å². The van der Waals surface area contributed by atoms with Gasteiger partial charge in [0.05, 0.1) is 22.8 Å². The molecule has 1 aliphatic heterocycles. The predicted octanol–water partition coefficient (Wildman–Crippen LogP) is 7.27. The topological polar surface area (TPSA) is 68.7 Å². The third kappa shape index (κ3) is 4.46. The number of carbonyl (C=O) groups is 1. The summed E-state index contributed by atoms with van der Waals surface area (Å²) in [5.74, 6) is 1.65. The van der Waals surface area contributed by atoms with Crippen LogP contribution in [0.1, 0.15) is 53.5 Å². The number of carbonyl (C=O) groups excluding carboxylic acids is 1. The third-order valence-electron chi connectivity index (χ3n) is 6.87. The van der Waals surface area contributed by atoms with Crippen molar-refractivity contribution < 1.29 is 18.5 Å². The Morgan fingerprint density at radius 3 is 2.54 bits per heavy atom. The molecule has 6 nitrogen and oxygen atoms in total. The molecule has 0 spiro atoms. The maximum Gasteiger partial charge on any atom is 0.185 e. The Morgan fingerprint density at radius 1 is 1.06 bits per heavy atom. The van der Waals surface area contributed by atoms with Gasteiger partial charge in [0.15, 0.2) is 12.0 Å². The Kier molecular flexibility index (Phi) is 6.04. The maximum absolute atomic E-state index is 11.0. The van der Waals surface area contributed by atoms with E-state index >= 15 is 0 Å². The van der Waals surface area contributed by atoms with E-state index in [-0.39, 0.29) is 6.10 Å². The molecule has 2 aromatic heterocycles. The Bertz CT molecular complexity index is 1360. The van der Waals surface area contributed by atoms with Crippen molar-refractivity contribution >= 4 is 46.1 Å². The molecule has 3 heterocycles. The van der Waals surface area contributed by atoms with Crippen LogP contribution in [0.4, 0.5) is 5.69 Å². The number of nitrogens with zero attached hydrogens (tertiary/aromatic N) is 2. The first-order valence-corrected chi connectivity index (χ1v) is 12.6. The molecule has 2 fully saturated rings. The highest BCUT2D eigenvalue weighted by Crippen LogP contribution is 2.46. The number of aromatic nitrogens is 1. The number of anilines is 1. The lowest BCUT2D eigenvalue weighted by atomic mass is 10.0. The average molecular weight is 511 g/mol. The molecule has 1 aliphatic carbocycles. The Labute approximate surface area is 212 Å². The van der Waals surface area contributed by atoms with E-state index in [4.69, 9.17) is 36.9 Å². The van der Waals surface area contributed by atoms with E-state index in [2.05, 4.69) is 16.1 Å². The number of furan rings is 1. The number of ether oxygens (including phenoxy) is 1. The summed E-state index contributed by atoms with van der Waals surface area (Å²) >= 11 is 12.9. The molecular formula is C27H24Cl2N2O4. The quantitative estimate of drug-likeness (QED) is 0.243. The van der Waals surface area contributed by atoms with Crippen LogP contribution in [0.3, 0.4) is 0 Å². The summed E-state index contributed by atoms with van der Waals surface area (Å²) in [6, 6.07) is 13.3. The van der Waals surface area contributed by atoms with Gasteiger partial charge in [-0.15, -0.1) is 0 Å². The van der Waals surface area contributed by atoms with E-state index in [9.17, 15) is 4.79 Å². The van der Waals surface area contributed by atoms with Crippen molar-refractivity contribution in [3.63, 3.8) is 0 Å². The number of hydrogen-bond acceptors (Lipinski definition) is 6. The second kappa shape index (κ2) is 9.34. The number of piperidine rings is 1. The third-order valence-corrected chi connectivity index (χ3v) is 7.50. The molecule has 35 heavy (non-hydrogen) atoms. The lowest BCUT2D eigenvalue weighted by Crippen LogP contribution is -2.37. The minimum atomic E-state index is 0.141. The van der Waals surface area contributed by atoms with Crippen LogP contribution < -0.4 is 4.90 Å². The molecule has 6 rings (SSSR count). The van der Waals surface area contributed by atoms with Gasteiger partial charge in [0, 0.05) is 41.2 Å². The maximum atomic E-state index is 11.0. The lowest BCUT2D eigenvalue weighted by molar-refractivity contribution is 0.0246. The number of halogens is 2. The van der Waals surface area contributed by atoms with Gasteiger partial charge in [-0.05, 0) is 62.1 Å². The van der Waals surface area contributed by atoms with Gasteiger partial charge >= 0.3 is 0 Å². The van der Waals surface area contributed by atoms with Gasteiger partial charge in [-0.3, -0.25) is 4.79 Å². The van der Waals surface area contributed by atoms with Crippen LogP contribution >= 0.6 is 23.2 Å². The molecule has 180 valence electrons. The molecule has 0 bridgehead atoms. The second-order valence-corrected chi connectivity index (χ2v) is 10.0. The number of benzene rings is 2. The van der Waals surface area contributed by atoms with Crippen molar-refractivity contribution in [1.82, 2.24) is 5.16 Å². The van der Waals surface area contributed by atoms with Gasteiger partial charge < -0.3 is 18.6 Å². The Morgan fingerprint density at radius 2 is 1.83 bits per heavy atom. The summed E-state index contributed by atoms with van der Waals surface area (Å²) in [6.07, 6.45) is 4.90. The smallest absolute Gasteiger partial charge is 0.185 e. The molecule has 2 aromatic carbocycles. The van der Waals surface area contributed by atoms with Crippen LogP contribution in [0.25, 0.3) is 22.2 Å². The van der Waals surface area contributed by atoms with Crippen LogP contribution in [0.2, 0.25) is 10.0 Å². The molecule has 0 atom stereocenters. The van der Waals surface area contributed by atoms with Crippen LogP contribution in [0, 0.1) is 0 Å². The van der Waals surface area contributed by atoms with Gasteiger partial charge in [-0.2, -0.15) is 0 Å². The summed E-state index contributed by atoms with van der Waals surface area (Å²) in [6.45, 7) is 2.19. The van der Waals surface area contributed by atoms with Crippen molar-refractivity contribution in [2.24, 2.45) is 0 Å². The van der Waals surface area contributed by atoms with E-state index in [0.717, 1.165) is 73.0 Å². The zero-order valence-electron chi connectivity index (χ0n) is 19.0. The molecule has 1 saturated heterocycles. The summed E-state index contributed by atoms with van der Waals surface area (Å²) in [5.41, 5.74) is 4.19. The fraction of sp³-hybridized carbons (Fsp3) is 0.333. The standard InChI is InChI=1S/C27H24Cl2N2O4/c28-22-2-1-3-23(29)25(22)26-21(27(35-30-26)16-4-5-16)15-33-19-8-10-31(11-9-19)18-6-7-24-17(12-18)13-20(14-32)34-24/h1-3,6-7,12-14,16,19H,4-5,8-11,15H2. The van der Waals surface area contributed by atoms with Crippen molar-refractivity contribution in [2.45, 2.75) is 44.3 Å². The first-order chi connectivity index (χ1) is 17.1. The number of rotatable bonds is 7. The Balaban J connectivity index is 1.15. The molecule has 0 amide bonds. The van der Waals surface area contributed by atoms with Crippen molar-refractivity contribution in [3.05, 3.63) is 69.6 Å². The van der Waals surface area contributed by atoms with Crippen LogP contribution in [0.5, 0.6) is 0 Å². The van der Waals surface area contributed by atoms with E-state index in [0.29, 0.717) is 39.6 Å². The second-order valence-electron chi connectivity index (χ2n) is 9.23. The first-order valence-electron chi connectivity index (χ1n) is 11.9. The van der Waals surface area contributed by atoms with Gasteiger partial charge in [0.1, 0.15) is 17.0 Å². The summed E-state index contributed by atoms with van der Waals surface area (Å²) in [4.78, 5) is 13.3. The first kappa shape index (κ1) is 22.7. The molecule has 0 unspecified atom stereocenters. The van der Waals surface area contributed by atoms with E-state index < -0.39 is 0 Å². The normalized spacial score (nSPS) is 16.8. The number of fused-ring (bicyclic) bond motifs is 1. The van der Waals surface area contributed by atoms with Crippen LogP contribution in [-0.4, -0.2) is 30.6 Å². The summed E-state index contributed by atoms with van der Waals surface area (Å²) in [5, 5.41) is 6.40. The summed E-state index contributed by atoms with van der Waals surface area (Å²) in [7, 11) is 0. The highest BCUT2D eigenvalue weighted by molar-refractivity contribution is 6.39. The molecule has 0 N–H and O–H groups in total. The van der Waals surface area contributed by atoms with Gasteiger partial charge in [0.25, 0.3) is 0 Å². The average Bonchev–Trinajstić information content (AvgIpc) is 3.50. The molecule has 8 heteroatoms. The van der Waals surface area contributed by atoms with Gasteiger partial charge in [0.2, 0.25) is 0 Å². The molecular weight excluding hydrogens is 487 g/mol. The lowest BCUT2D eigenvalue weighted by Gasteiger charge is -2.33. The molecule has 0 radical (unpaired) electrons. The zero-order valence-corrected chi connectivity index (χ0v) is 20.5. The van der Waals surface area contributed by atoms with E-state index in [1.54, 1.807) is 6.07 Å².